The van der Waals surface area contributed by atoms with Crippen molar-refractivity contribution in [3.8, 4) is 0 Å². The van der Waals surface area contributed by atoms with Crippen molar-refractivity contribution in [2.45, 2.75) is 32.2 Å². The molecule has 3 N–H and O–H groups in total. The molecule has 20 heavy (non-hydrogen) atoms. The van der Waals surface area contributed by atoms with Crippen molar-refractivity contribution in [2.24, 2.45) is 5.73 Å². The SMILES string of the molecule is CCC(N)(CC)CNS(=O)(=O)C=Cc1ccccc1.Cl. The molecular weight excluding hydrogens is 296 g/mol. The zero-order valence-electron chi connectivity index (χ0n) is 11.9. The fraction of sp³-hybridized carbons (Fsp3) is 0.429. The first-order chi connectivity index (χ1) is 8.91. The van der Waals surface area contributed by atoms with Crippen LogP contribution in [0.15, 0.2) is 35.7 Å². The van der Waals surface area contributed by atoms with Crippen LogP contribution in [-0.2, 0) is 10.0 Å². The Hall–Kier alpha value is -0.880. The Balaban J connectivity index is 0.00000361. The van der Waals surface area contributed by atoms with Crippen molar-refractivity contribution in [3.63, 3.8) is 0 Å². The lowest BCUT2D eigenvalue weighted by Gasteiger charge is -2.26. The summed E-state index contributed by atoms with van der Waals surface area (Å²) in [5, 5.41) is 1.17. The summed E-state index contributed by atoms with van der Waals surface area (Å²) in [5.74, 6) is 0. The fourth-order valence-electron chi connectivity index (χ4n) is 1.52. The van der Waals surface area contributed by atoms with Crippen LogP contribution < -0.4 is 10.5 Å². The third-order valence-corrected chi connectivity index (χ3v) is 4.31. The second-order valence-corrected chi connectivity index (χ2v) is 6.30. The minimum atomic E-state index is -3.44. The largest absolute Gasteiger partial charge is 0.324 e. The molecule has 0 amide bonds. The van der Waals surface area contributed by atoms with E-state index in [4.69, 9.17) is 5.73 Å². The maximum Gasteiger partial charge on any atom is 0.233 e. The quantitative estimate of drug-likeness (QED) is 0.811. The Bertz CT molecular complexity index is 511. The molecule has 0 radical (unpaired) electrons. The van der Waals surface area contributed by atoms with E-state index in [-0.39, 0.29) is 19.0 Å². The summed E-state index contributed by atoms with van der Waals surface area (Å²) in [5.41, 5.74) is 6.43. The predicted molar refractivity (Wildman–Crippen MR) is 87.1 cm³/mol. The van der Waals surface area contributed by atoms with E-state index in [9.17, 15) is 8.42 Å². The van der Waals surface area contributed by atoms with Gasteiger partial charge in [0, 0.05) is 17.5 Å². The molecule has 1 aromatic rings. The lowest BCUT2D eigenvalue weighted by Crippen LogP contribution is -2.48. The van der Waals surface area contributed by atoms with Gasteiger partial charge in [0.15, 0.2) is 0 Å². The van der Waals surface area contributed by atoms with Gasteiger partial charge in [-0.05, 0) is 24.5 Å². The van der Waals surface area contributed by atoms with E-state index >= 15 is 0 Å². The lowest BCUT2D eigenvalue weighted by atomic mass is 9.95. The standard InChI is InChI=1S/C14H22N2O2S.ClH/c1-3-14(15,4-2)12-16-19(17,18)11-10-13-8-6-5-7-9-13;/h5-11,16H,3-4,12,15H2,1-2H3;1H. The van der Waals surface area contributed by atoms with Crippen LogP contribution >= 0.6 is 12.4 Å². The second-order valence-electron chi connectivity index (χ2n) is 4.65. The number of nitrogens with two attached hydrogens (primary N) is 1. The van der Waals surface area contributed by atoms with Gasteiger partial charge in [0.2, 0.25) is 10.0 Å². The molecule has 6 heteroatoms. The molecule has 0 unspecified atom stereocenters. The van der Waals surface area contributed by atoms with Gasteiger partial charge in [-0.15, -0.1) is 12.4 Å². The topological polar surface area (TPSA) is 72.2 Å². The molecule has 1 aromatic carbocycles. The maximum atomic E-state index is 11.8. The van der Waals surface area contributed by atoms with Gasteiger partial charge in [0.25, 0.3) is 0 Å². The lowest BCUT2D eigenvalue weighted by molar-refractivity contribution is 0.392. The Kier molecular flexibility index (Phi) is 8.05. The molecule has 0 aliphatic heterocycles. The molecule has 0 fully saturated rings. The first kappa shape index (κ1) is 19.1. The van der Waals surface area contributed by atoms with Gasteiger partial charge in [-0.1, -0.05) is 44.2 Å². The molecule has 0 bridgehead atoms. The van der Waals surface area contributed by atoms with E-state index in [2.05, 4.69) is 4.72 Å². The first-order valence-electron chi connectivity index (χ1n) is 6.42. The van der Waals surface area contributed by atoms with Crippen molar-refractivity contribution in [3.05, 3.63) is 41.3 Å². The highest BCUT2D eigenvalue weighted by atomic mass is 35.5. The smallest absolute Gasteiger partial charge is 0.233 e. The van der Waals surface area contributed by atoms with E-state index in [0.29, 0.717) is 0 Å². The second kappa shape index (κ2) is 8.42. The number of halogens is 1. The molecule has 0 aliphatic rings. The van der Waals surface area contributed by atoms with Gasteiger partial charge in [-0.25, -0.2) is 13.1 Å². The zero-order valence-corrected chi connectivity index (χ0v) is 13.5. The summed E-state index contributed by atoms with van der Waals surface area (Å²) in [7, 11) is -3.44. The number of sulfonamides is 1. The van der Waals surface area contributed by atoms with Crippen LogP contribution in [0.3, 0.4) is 0 Å². The summed E-state index contributed by atoms with van der Waals surface area (Å²) in [6, 6.07) is 9.29. The van der Waals surface area contributed by atoms with Crippen molar-refractivity contribution in [1.82, 2.24) is 4.72 Å². The number of rotatable bonds is 7. The summed E-state index contributed by atoms with van der Waals surface area (Å²) < 4.78 is 26.2. The summed E-state index contributed by atoms with van der Waals surface area (Å²) in [6.07, 6.45) is 3.03. The summed E-state index contributed by atoms with van der Waals surface area (Å²) in [4.78, 5) is 0. The molecule has 4 nitrogen and oxygen atoms in total. The fourth-order valence-corrected chi connectivity index (χ4v) is 2.45. The molecule has 0 saturated heterocycles. The molecule has 1 rings (SSSR count). The normalized spacial score (nSPS) is 12.3. The molecule has 0 aromatic heterocycles. The average molecular weight is 319 g/mol. The minimum absolute atomic E-state index is 0. The van der Waals surface area contributed by atoms with E-state index < -0.39 is 15.6 Å². The highest BCUT2D eigenvalue weighted by Crippen LogP contribution is 2.10. The van der Waals surface area contributed by atoms with Gasteiger partial charge < -0.3 is 5.73 Å². The molecular formula is C14H23ClN2O2S. The molecule has 0 saturated carbocycles. The van der Waals surface area contributed by atoms with Crippen molar-refractivity contribution in [2.75, 3.05) is 6.54 Å². The molecule has 114 valence electrons. The minimum Gasteiger partial charge on any atom is -0.324 e. The predicted octanol–water partition coefficient (Wildman–Crippen LogP) is 2.52. The van der Waals surface area contributed by atoms with E-state index in [0.717, 1.165) is 18.4 Å². The summed E-state index contributed by atoms with van der Waals surface area (Å²) in [6.45, 7) is 4.16. The summed E-state index contributed by atoms with van der Waals surface area (Å²) >= 11 is 0. The Morgan fingerprint density at radius 3 is 2.25 bits per heavy atom. The third-order valence-electron chi connectivity index (χ3n) is 3.27. The van der Waals surface area contributed by atoms with E-state index in [1.165, 1.54) is 5.41 Å². The van der Waals surface area contributed by atoms with E-state index in [1.807, 2.05) is 44.2 Å². The molecule has 0 atom stereocenters. The van der Waals surface area contributed by atoms with Crippen LogP contribution in [-0.4, -0.2) is 20.5 Å². The maximum absolute atomic E-state index is 11.8. The Morgan fingerprint density at radius 1 is 1.20 bits per heavy atom. The number of hydrogen-bond donors (Lipinski definition) is 2. The molecule has 0 heterocycles. The van der Waals surface area contributed by atoms with Crippen LogP contribution in [0.5, 0.6) is 0 Å². The first-order valence-corrected chi connectivity index (χ1v) is 7.97. The van der Waals surface area contributed by atoms with Crippen molar-refractivity contribution < 1.29 is 8.42 Å². The van der Waals surface area contributed by atoms with Crippen LogP contribution in [0.4, 0.5) is 0 Å². The van der Waals surface area contributed by atoms with Crippen molar-refractivity contribution >= 4 is 28.5 Å². The number of benzene rings is 1. The monoisotopic (exact) mass is 318 g/mol. The molecule has 0 spiro atoms. The highest BCUT2D eigenvalue weighted by molar-refractivity contribution is 7.92. The van der Waals surface area contributed by atoms with Crippen LogP contribution in [0.2, 0.25) is 0 Å². The van der Waals surface area contributed by atoms with Crippen molar-refractivity contribution in [1.29, 1.82) is 0 Å². The number of nitrogens with one attached hydrogen (secondary N) is 1. The zero-order chi connectivity index (χ0) is 14.4. The average Bonchev–Trinajstić information content (AvgIpc) is 2.44. The third kappa shape index (κ3) is 6.52. The highest BCUT2D eigenvalue weighted by Gasteiger charge is 2.21. The Labute approximate surface area is 127 Å². The van der Waals surface area contributed by atoms with Crippen LogP contribution in [0.25, 0.3) is 6.08 Å². The van der Waals surface area contributed by atoms with E-state index in [1.54, 1.807) is 6.08 Å². The van der Waals surface area contributed by atoms with Crippen LogP contribution in [0, 0.1) is 0 Å². The Morgan fingerprint density at radius 2 is 1.75 bits per heavy atom. The molecule has 0 aliphatic carbocycles. The van der Waals surface area contributed by atoms with Gasteiger partial charge in [0.1, 0.15) is 0 Å². The number of hydrogen-bond acceptors (Lipinski definition) is 3. The van der Waals surface area contributed by atoms with Gasteiger partial charge >= 0.3 is 0 Å². The van der Waals surface area contributed by atoms with Gasteiger partial charge in [-0.3, -0.25) is 0 Å². The van der Waals surface area contributed by atoms with Crippen LogP contribution in [0.1, 0.15) is 32.3 Å². The van der Waals surface area contributed by atoms with Gasteiger partial charge in [0.05, 0.1) is 0 Å². The van der Waals surface area contributed by atoms with Gasteiger partial charge in [-0.2, -0.15) is 0 Å².